The molecule has 0 atom stereocenters. The molecule has 0 saturated heterocycles. The Bertz CT molecular complexity index is 800. The first-order valence-electron chi connectivity index (χ1n) is 7.82. The molecule has 2 aromatic rings. The SMILES string of the molecule is CN(C)c1cnnc(NCCNC(=O)Nc2ccc(Cl)c(C(F)(F)F)c2)c1. The van der Waals surface area contributed by atoms with Crippen molar-refractivity contribution in [1.82, 2.24) is 15.5 Å². The molecule has 2 amide bonds. The van der Waals surface area contributed by atoms with E-state index in [1.165, 1.54) is 6.07 Å². The normalized spacial score (nSPS) is 11.0. The molecular weight excluding hydrogens is 385 g/mol. The molecule has 1 aromatic heterocycles. The summed E-state index contributed by atoms with van der Waals surface area (Å²) in [5, 5.41) is 15.2. The summed E-state index contributed by atoms with van der Waals surface area (Å²) in [4.78, 5) is 13.7. The third kappa shape index (κ3) is 6.17. The topological polar surface area (TPSA) is 82.2 Å². The molecule has 1 heterocycles. The van der Waals surface area contributed by atoms with Gasteiger partial charge in [0.25, 0.3) is 0 Å². The molecule has 0 unspecified atom stereocenters. The van der Waals surface area contributed by atoms with Crippen LogP contribution in [0.2, 0.25) is 5.02 Å². The van der Waals surface area contributed by atoms with Gasteiger partial charge in [-0.3, -0.25) is 0 Å². The third-order valence-corrected chi connectivity index (χ3v) is 3.73. The largest absolute Gasteiger partial charge is 0.417 e. The number of amides is 2. The Balaban J connectivity index is 1.82. The molecule has 0 aliphatic rings. The van der Waals surface area contributed by atoms with Gasteiger partial charge in [-0.15, -0.1) is 5.10 Å². The molecule has 0 bridgehead atoms. The molecule has 0 radical (unpaired) electrons. The molecule has 27 heavy (non-hydrogen) atoms. The minimum absolute atomic E-state index is 0.0123. The molecule has 7 nitrogen and oxygen atoms in total. The van der Waals surface area contributed by atoms with Crippen LogP contribution in [0.15, 0.2) is 30.5 Å². The highest BCUT2D eigenvalue weighted by atomic mass is 35.5. The maximum atomic E-state index is 12.8. The van der Waals surface area contributed by atoms with Crippen molar-refractivity contribution in [3.8, 4) is 0 Å². The van der Waals surface area contributed by atoms with Gasteiger partial charge in [0.05, 0.1) is 22.5 Å². The number of nitrogens with zero attached hydrogens (tertiary/aromatic N) is 3. The summed E-state index contributed by atoms with van der Waals surface area (Å²) in [5.74, 6) is 0.538. The zero-order valence-electron chi connectivity index (χ0n) is 14.6. The number of hydrogen-bond donors (Lipinski definition) is 3. The highest BCUT2D eigenvalue weighted by molar-refractivity contribution is 6.31. The van der Waals surface area contributed by atoms with E-state index in [4.69, 9.17) is 11.6 Å². The van der Waals surface area contributed by atoms with E-state index >= 15 is 0 Å². The van der Waals surface area contributed by atoms with Crippen LogP contribution in [-0.2, 0) is 6.18 Å². The molecule has 0 fully saturated rings. The average molecular weight is 403 g/mol. The number of carbonyl (C=O) groups excluding carboxylic acids is 1. The summed E-state index contributed by atoms with van der Waals surface area (Å²) in [5.41, 5.74) is -0.161. The Hall–Kier alpha value is -2.75. The maximum absolute atomic E-state index is 12.8. The summed E-state index contributed by atoms with van der Waals surface area (Å²) < 4.78 is 38.5. The van der Waals surface area contributed by atoms with Crippen LogP contribution in [0.1, 0.15) is 5.56 Å². The molecule has 0 saturated carbocycles. The molecular formula is C16H18ClF3N6O. The first kappa shape index (κ1) is 20.6. The van der Waals surface area contributed by atoms with Crippen LogP contribution in [0.4, 0.5) is 35.2 Å². The van der Waals surface area contributed by atoms with Crippen LogP contribution in [0.5, 0.6) is 0 Å². The second-order valence-electron chi connectivity index (χ2n) is 5.69. The molecule has 0 spiro atoms. The molecule has 1 aromatic carbocycles. The van der Waals surface area contributed by atoms with E-state index < -0.39 is 22.8 Å². The van der Waals surface area contributed by atoms with Crippen molar-refractivity contribution >= 4 is 34.8 Å². The number of urea groups is 1. The fraction of sp³-hybridized carbons (Fsp3) is 0.312. The number of halogens is 4. The van der Waals surface area contributed by atoms with Gasteiger partial charge in [-0.05, 0) is 18.2 Å². The second kappa shape index (κ2) is 8.76. The van der Waals surface area contributed by atoms with Crippen LogP contribution in [0.3, 0.4) is 0 Å². The number of aromatic nitrogens is 2. The lowest BCUT2D eigenvalue weighted by Gasteiger charge is -2.13. The second-order valence-corrected chi connectivity index (χ2v) is 6.10. The first-order chi connectivity index (χ1) is 12.7. The third-order valence-electron chi connectivity index (χ3n) is 3.40. The summed E-state index contributed by atoms with van der Waals surface area (Å²) in [7, 11) is 3.74. The van der Waals surface area contributed by atoms with Crippen molar-refractivity contribution in [2.24, 2.45) is 0 Å². The Labute approximate surface area is 158 Å². The van der Waals surface area contributed by atoms with E-state index in [-0.39, 0.29) is 12.2 Å². The van der Waals surface area contributed by atoms with Crippen molar-refractivity contribution in [3.05, 3.63) is 41.0 Å². The van der Waals surface area contributed by atoms with Crippen molar-refractivity contribution in [2.75, 3.05) is 42.7 Å². The lowest BCUT2D eigenvalue weighted by Crippen LogP contribution is -2.32. The number of anilines is 3. The van der Waals surface area contributed by atoms with E-state index in [0.29, 0.717) is 12.4 Å². The molecule has 0 aliphatic carbocycles. The van der Waals surface area contributed by atoms with Crippen LogP contribution < -0.4 is 20.9 Å². The van der Waals surface area contributed by atoms with Gasteiger partial charge in [-0.2, -0.15) is 18.3 Å². The molecule has 3 N–H and O–H groups in total. The summed E-state index contributed by atoms with van der Waals surface area (Å²) >= 11 is 5.54. The van der Waals surface area contributed by atoms with Crippen molar-refractivity contribution in [2.45, 2.75) is 6.18 Å². The van der Waals surface area contributed by atoms with E-state index in [0.717, 1.165) is 17.8 Å². The van der Waals surface area contributed by atoms with Crippen LogP contribution in [-0.4, -0.2) is 43.4 Å². The van der Waals surface area contributed by atoms with E-state index in [2.05, 4.69) is 26.1 Å². The van der Waals surface area contributed by atoms with Gasteiger partial charge in [-0.1, -0.05) is 11.6 Å². The number of rotatable bonds is 6. The van der Waals surface area contributed by atoms with Crippen molar-refractivity contribution in [3.63, 3.8) is 0 Å². The molecule has 2 rings (SSSR count). The Morgan fingerprint density at radius 3 is 2.63 bits per heavy atom. The quantitative estimate of drug-likeness (QED) is 0.645. The predicted molar refractivity (Wildman–Crippen MR) is 98.3 cm³/mol. The number of nitrogens with one attached hydrogen (secondary N) is 3. The Morgan fingerprint density at radius 2 is 1.96 bits per heavy atom. The molecule has 11 heteroatoms. The predicted octanol–water partition coefficient (Wildman–Crippen LogP) is 3.45. The first-order valence-corrected chi connectivity index (χ1v) is 8.20. The number of alkyl halides is 3. The van der Waals surface area contributed by atoms with Crippen molar-refractivity contribution in [1.29, 1.82) is 0 Å². The number of hydrogen-bond acceptors (Lipinski definition) is 5. The minimum Gasteiger partial charge on any atom is -0.376 e. The van der Waals surface area contributed by atoms with Gasteiger partial charge in [0.2, 0.25) is 0 Å². The van der Waals surface area contributed by atoms with Gasteiger partial charge in [0, 0.05) is 38.9 Å². The van der Waals surface area contributed by atoms with E-state index in [1.54, 1.807) is 12.3 Å². The molecule has 0 aliphatic heterocycles. The average Bonchev–Trinajstić information content (AvgIpc) is 2.59. The fourth-order valence-corrected chi connectivity index (χ4v) is 2.27. The van der Waals surface area contributed by atoms with Gasteiger partial charge in [0.15, 0.2) is 5.82 Å². The zero-order chi connectivity index (χ0) is 20.0. The van der Waals surface area contributed by atoms with E-state index in [9.17, 15) is 18.0 Å². The maximum Gasteiger partial charge on any atom is 0.417 e. The lowest BCUT2D eigenvalue weighted by atomic mass is 10.2. The summed E-state index contributed by atoms with van der Waals surface area (Å²) in [6.07, 6.45) is -2.99. The molecule has 146 valence electrons. The smallest absolute Gasteiger partial charge is 0.376 e. The number of benzene rings is 1. The highest BCUT2D eigenvalue weighted by Crippen LogP contribution is 2.36. The van der Waals surface area contributed by atoms with Gasteiger partial charge in [-0.25, -0.2) is 4.79 Å². The van der Waals surface area contributed by atoms with Crippen molar-refractivity contribution < 1.29 is 18.0 Å². The van der Waals surface area contributed by atoms with E-state index in [1.807, 2.05) is 19.0 Å². The standard InChI is InChI=1S/C16H18ClF3N6O/c1-26(2)11-8-14(25-23-9-11)21-5-6-22-15(27)24-10-3-4-13(17)12(7-10)16(18,19)20/h3-4,7-9H,5-6H2,1-2H3,(H,21,25)(H2,22,24,27). The van der Waals surface area contributed by atoms with Gasteiger partial charge in [0.1, 0.15) is 0 Å². The minimum atomic E-state index is -4.60. The number of carbonyl (C=O) groups is 1. The summed E-state index contributed by atoms with van der Waals surface area (Å²) in [6.45, 7) is 0.576. The highest BCUT2D eigenvalue weighted by Gasteiger charge is 2.33. The van der Waals surface area contributed by atoms with Gasteiger partial charge >= 0.3 is 12.2 Å². The van der Waals surface area contributed by atoms with Crippen LogP contribution >= 0.6 is 11.6 Å². The van der Waals surface area contributed by atoms with Crippen LogP contribution in [0.25, 0.3) is 0 Å². The Morgan fingerprint density at radius 1 is 1.22 bits per heavy atom. The zero-order valence-corrected chi connectivity index (χ0v) is 15.3. The van der Waals surface area contributed by atoms with Crippen LogP contribution in [0, 0.1) is 0 Å². The lowest BCUT2D eigenvalue weighted by molar-refractivity contribution is -0.137. The monoisotopic (exact) mass is 402 g/mol. The van der Waals surface area contributed by atoms with Gasteiger partial charge < -0.3 is 20.9 Å². The Kier molecular flexibility index (Phi) is 6.67. The summed E-state index contributed by atoms with van der Waals surface area (Å²) in [6, 6.07) is 4.30. The fourth-order valence-electron chi connectivity index (χ4n) is 2.05.